The molecule has 0 unspecified atom stereocenters. The number of halogens is 3. The average molecular weight is 721 g/mol. The van der Waals surface area contributed by atoms with E-state index in [9.17, 15) is 27.9 Å². The lowest BCUT2D eigenvalue weighted by Crippen LogP contribution is -2.50. The van der Waals surface area contributed by atoms with E-state index in [0.29, 0.717) is 23.5 Å². The zero-order valence-corrected chi connectivity index (χ0v) is 28.8. The van der Waals surface area contributed by atoms with Crippen LogP contribution in [0.3, 0.4) is 0 Å². The van der Waals surface area contributed by atoms with Gasteiger partial charge in [-0.25, -0.2) is 0 Å². The Morgan fingerprint density at radius 1 is 0.941 bits per heavy atom. The van der Waals surface area contributed by atoms with E-state index < -0.39 is 30.3 Å². The van der Waals surface area contributed by atoms with Crippen molar-refractivity contribution in [1.29, 1.82) is 0 Å². The van der Waals surface area contributed by atoms with Crippen LogP contribution in [0.25, 0.3) is 11.1 Å². The smallest absolute Gasteiger partial charge is 0.471 e. The Balaban J connectivity index is 1.17. The molecule has 268 valence electrons. The van der Waals surface area contributed by atoms with Crippen molar-refractivity contribution in [3.05, 3.63) is 119 Å². The van der Waals surface area contributed by atoms with Gasteiger partial charge in [-0.15, -0.1) is 11.8 Å². The molecule has 2 aliphatic rings. The van der Waals surface area contributed by atoms with Crippen LogP contribution in [0.2, 0.25) is 0 Å². The number of aliphatic hydroxyl groups excluding tert-OH is 1. The van der Waals surface area contributed by atoms with Gasteiger partial charge in [0, 0.05) is 35.7 Å². The van der Waals surface area contributed by atoms with Crippen molar-refractivity contribution in [3.8, 4) is 16.9 Å². The summed E-state index contributed by atoms with van der Waals surface area (Å²) in [6.45, 7) is -0.0655. The lowest BCUT2D eigenvalue weighted by atomic mass is 9.97. The Morgan fingerprint density at radius 2 is 1.65 bits per heavy atom. The minimum Gasteiger partial charge on any atom is -0.496 e. The first-order valence-corrected chi connectivity index (χ1v) is 17.7. The highest BCUT2D eigenvalue weighted by atomic mass is 32.2. The van der Waals surface area contributed by atoms with Crippen LogP contribution < -0.4 is 10.1 Å². The van der Waals surface area contributed by atoms with E-state index >= 15 is 0 Å². The molecule has 2 N–H and O–H groups in total. The number of likely N-dealkylation sites (tertiary alicyclic amines) is 1. The molecule has 2 saturated heterocycles. The van der Waals surface area contributed by atoms with Gasteiger partial charge in [0.25, 0.3) is 0 Å². The Hall–Kier alpha value is -4.36. The number of hydrogen-bond acceptors (Lipinski definition) is 7. The molecule has 0 radical (unpaired) electrons. The number of nitrogens with zero attached hydrogens (tertiary/aromatic N) is 1. The molecule has 12 heteroatoms. The SMILES string of the molecule is COc1ccccc1SC[C@@H]1C[C@H](c2ccc(CO)cc2)O[C@H](c2ccc(-c3ccccc3CNC(=O)[C@@H]3CCCN3C(=O)C(F)(F)F)cc2)O1. The van der Waals surface area contributed by atoms with Crippen LogP contribution >= 0.6 is 11.8 Å². The second-order valence-electron chi connectivity index (χ2n) is 12.5. The lowest BCUT2D eigenvalue weighted by molar-refractivity contribution is -0.245. The lowest BCUT2D eigenvalue weighted by Gasteiger charge is -2.36. The van der Waals surface area contributed by atoms with Crippen molar-refractivity contribution in [2.45, 2.75) is 68.0 Å². The highest BCUT2D eigenvalue weighted by molar-refractivity contribution is 7.99. The fraction of sp³-hybridized carbons (Fsp3) is 0.333. The highest BCUT2D eigenvalue weighted by Gasteiger charge is 2.47. The number of aliphatic hydroxyl groups is 1. The second-order valence-corrected chi connectivity index (χ2v) is 13.5. The molecule has 0 spiro atoms. The average Bonchev–Trinajstić information content (AvgIpc) is 3.66. The molecular weight excluding hydrogens is 681 g/mol. The molecule has 0 saturated carbocycles. The Morgan fingerprint density at radius 3 is 2.37 bits per heavy atom. The van der Waals surface area contributed by atoms with Gasteiger partial charge < -0.3 is 29.5 Å². The Labute approximate surface area is 298 Å². The van der Waals surface area contributed by atoms with Crippen LogP contribution in [0, 0.1) is 0 Å². The van der Waals surface area contributed by atoms with Crippen molar-refractivity contribution in [2.24, 2.45) is 0 Å². The number of para-hydroxylation sites is 1. The summed E-state index contributed by atoms with van der Waals surface area (Å²) in [4.78, 5) is 26.5. The quantitative estimate of drug-likeness (QED) is 0.156. The summed E-state index contributed by atoms with van der Waals surface area (Å²) in [6, 6.07) is 29.7. The van der Waals surface area contributed by atoms with Crippen LogP contribution in [0.4, 0.5) is 13.2 Å². The molecule has 8 nitrogen and oxygen atoms in total. The molecular formula is C39H39F3N2O6S. The van der Waals surface area contributed by atoms with Crippen molar-refractivity contribution in [2.75, 3.05) is 19.4 Å². The van der Waals surface area contributed by atoms with Crippen LogP contribution in [0.1, 0.15) is 53.9 Å². The largest absolute Gasteiger partial charge is 0.496 e. The molecule has 0 bridgehead atoms. The third-order valence-electron chi connectivity index (χ3n) is 9.13. The van der Waals surface area contributed by atoms with Gasteiger partial charge in [-0.2, -0.15) is 13.2 Å². The van der Waals surface area contributed by atoms with Gasteiger partial charge in [-0.05, 0) is 52.8 Å². The molecule has 2 fully saturated rings. The first-order valence-electron chi connectivity index (χ1n) is 16.7. The van der Waals surface area contributed by atoms with E-state index in [1.54, 1.807) is 18.9 Å². The van der Waals surface area contributed by atoms with Crippen LogP contribution in [0.5, 0.6) is 5.75 Å². The minimum atomic E-state index is -5.03. The van der Waals surface area contributed by atoms with Crippen LogP contribution in [-0.2, 0) is 32.2 Å². The fourth-order valence-electron chi connectivity index (χ4n) is 6.46. The van der Waals surface area contributed by atoms with E-state index in [-0.39, 0.29) is 38.3 Å². The van der Waals surface area contributed by atoms with Gasteiger partial charge in [0.15, 0.2) is 6.29 Å². The number of benzene rings is 4. The summed E-state index contributed by atoms with van der Waals surface area (Å²) in [7, 11) is 1.65. The number of hydrogen-bond donors (Lipinski definition) is 2. The van der Waals surface area contributed by atoms with E-state index in [4.69, 9.17) is 14.2 Å². The van der Waals surface area contributed by atoms with E-state index in [2.05, 4.69) is 5.32 Å². The Kier molecular flexibility index (Phi) is 11.7. The number of methoxy groups -OCH3 is 1. The summed E-state index contributed by atoms with van der Waals surface area (Å²) < 4.78 is 57.9. The van der Waals surface area contributed by atoms with Gasteiger partial charge in [0.2, 0.25) is 5.91 Å². The van der Waals surface area contributed by atoms with Gasteiger partial charge in [0.1, 0.15) is 11.8 Å². The molecule has 2 amide bonds. The van der Waals surface area contributed by atoms with Gasteiger partial charge >= 0.3 is 12.1 Å². The zero-order valence-electron chi connectivity index (χ0n) is 28.0. The van der Waals surface area contributed by atoms with E-state index in [0.717, 1.165) is 44.0 Å². The number of rotatable bonds is 11. The molecule has 4 aromatic carbocycles. The second kappa shape index (κ2) is 16.3. The summed E-state index contributed by atoms with van der Waals surface area (Å²) in [6.07, 6.45) is -4.93. The number of nitrogens with one attached hydrogen (secondary N) is 1. The summed E-state index contributed by atoms with van der Waals surface area (Å²) in [5.74, 6) is -1.12. The van der Waals surface area contributed by atoms with Crippen LogP contribution in [-0.4, -0.2) is 59.6 Å². The van der Waals surface area contributed by atoms with Gasteiger partial charge in [-0.1, -0.05) is 84.9 Å². The predicted molar refractivity (Wildman–Crippen MR) is 187 cm³/mol. The van der Waals surface area contributed by atoms with Crippen molar-refractivity contribution in [1.82, 2.24) is 10.2 Å². The maximum atomic E-state index is 13.1. The molecule has 4 atom stereocenters. The van der Waals surface area contributed by atoms with Gasteiger partial charge in [-0.3, -0.25) is 9.59 Å². The molecule has 2 aliphatic heterocycles. The highest BCUT2D eigenvalue weighted by Crippen LogP contribution is 2.41. The summed E-state index contributed by atoms with van der Waals surface area (Å²) >= 11 is 1.66. The van der Waals surface area contributed by atoms with E-state index in [1.807, 2.05) is 97.1 Å². The molecule has 0 aliphatic carbocycles. The number of carbonyl (C=O) groups is 2. The summed E-state index contributed by atoms with van der Waals surface area (Å²) in [5.41, 5.74) is 5.12. The van der Waals surface area contributed by atoms with E-state index in [1.165, 1.54) is 0 Å². The summed E-state index contributed by atoms with van der Waals surface area (Å²) in [5, 5.41) is 12.3. The maximum Gasteiger partial charge on any atom is 0.471 e. The predicted octanol–water partition coefficient (Wildman–Crippen LogP) is 7.36. The first kappa shape index (κ1) is 36.4. The molecule has 2 heterocycles. The fourth-order valence-corrected chi connectivity index (χ4v) is 7.51. The first-order chi connectivity index (χ1) is 24.6. The van der Waals surface area contributed by atoms with Crippen molar-refractivity contribution >= 4 is 23.6 Å². The third kappa shape index (κ3) is 8.75. The topological polar surface area (TPSA) is 97.3 Å². The Bertz CT molecular complexity index is 1800. The number of amides is 2. The van der Waals surface area contributed by atoms with Crippen LogP contribution in [0.15, 0.2) is 102 Å². The number of thioether (sulfide) groups is 1. The van der Waals surface area contributed by atoms with Crippen molar-refractivity contribution in [3.63, 3.8) is 0 Å². The maximum absolute atomic E-state index is 13.1. The number of carbonyl (C=O) groups excluding carboxylic acids is 2. The monoisotopic (exact) mass is 720 g/mol. The zero-order chi connectivity index (χ0) is 36.0. The normalized spacial score (nSPS) is 20.6. The van der Waals surface area contributed by atoms with Crippen molar-refractivity contribution < 1.29 is 42.1 Å². The standard InChI is InChI=1S/C39H39F3N2O6S/c1-48-33-10-4-5-11-35(33)51-24-30-21-34(27-14-12-25(23-45)13-15-27)50-37(49-30)28-18-16-26(17-19-28)31-8-3-2-7-29(31)22-43-36(46)32-9-6-20-44(32)38(47)39(40,41)42/h2-5,7-8,10-19,30,32,34,37,45H,6,9,20-24H2,1H3,(H,43,46)/t30-,32-,34+,37+/m0/s1. The molecule has 51 heavy (non-hydrogen) atoms. The third-order valence-corrected chi connectivity index (χ3v) is 10.3. The number of ether oxygens (including phenoxy) is 3. The molecule has 0 aromatic heterocycles. The molecule has 4 aromatic rings. The minimum absolute atomic E-state index is 0.0420. The van der Waals surface area contributed by atoms with Gasteiger partial charge in [0.05, 0.1) is 25.9 Å². The molecule has 6 rings (SSSR count). The number of alkyl halides is 3.